The fourth-order valence-electron chi connectivity index (χ4n) is 3.04. The molecular weight excluding hydrogens is 364 g/mol. The number of rotatable bonds is 8. The van der Waals surface area contributed by atoms with Gasteiger partial charge in [0.1, 0.15) is 5.75 Å². The van der Waals surface area contributed by atoms with Crippen LogP contribution >= 0.6 is 0 Å². The Balaban J connectivity index is 1.61. The van der Waals surface area contributed by atoms with Gasteiger partial charge in [-0.2, -0.15) is 0 Å². The first-order valence-electron chi connectivity index (χ1n) is 9.10. The highest BCUT2D eigenvalue weighted by molar-refractivity contribution is 7.92. The van der Waals surface area contributed by atoms with Gasteiger partial charge in [0, 0.05) is 25.2 Å². The number of ether oxygens (including phenoxy) is 1. The molecule has 0 atom stereocenters. The van der Waals surface area contributed by atoms with Gasteiger partial charge in [0.05, 0.1) is 11.5 Å². The highest BCUT2D eigenvalue weighted by Gasteiger charge is 2.19. The minimum atomic E-state index is -3.65. The van der Waals surface area contributed by atoms with Gasteiger partial charge in [0.2, 0.25) is 5.91 Å². The molecule has 0 aliphatic carbocycles. The molecule has 0 aromatic heterocycles. The lowest BCUT2D eigenvalue weighted by Gasteiger charge is -2.15. The zero-order valence-corrected chi connectivity index (χ0v) is 16.2. The first kappa shape index (κ1) is 19.2. The topological polar surface area (TPSA) is 75.7 Å². The van der Waals surface area contributed by atoms with Crippen molar-refractivity contribution in [3.8, 4) is 5.75 Å². The van der Waals surface area contributed by atoms with Crippen molar-refractivity contribution in [3.63, 3.8) is 0 Å². The van der Waals surface area contributed by atoms with Gasteiger partial charge in [-0.1, -0.05) is 12.1 Å². The number of sulfonamides is 1. The van der Waals surface area contributed by atoms with Gasteiger partial charge in [-0.25, -0.2) is 8.42 Å². The Hall–Kier alpha value is -2.54. The summed E-state index contributed by atoms with van der Waals surface area (Å²) in [4.78, 5) is 13.7. The standard InChI is InChI=1S/C20H24N2O4S/c1-2-26-18-9-7-17(8-10-18)21-27(24,25)19-11-5-16(6-12-19)13-15-22-14-3-4-20(22)23/h5-12,21H,2-4,13-15H2,1H3. The maximum Gasteiger partial charge on any atom is 0.261 e. The third-order valence-electron chi connectivity index (χ3n) is 4.49. The maximum atomic E-state index is 12.5. The van der Waals surface area contributed by atoms with Gasteiger partial charge in [-0.15, -0.1) is 0 Å². The molecule has 144 valence electrons. The van der Waals surface area contributed by atoms with Crippen molar-refractivity contribution in [2.75, 3.05) is 24.4 Å². The first-order valence-corrected chi connectivity index (χ1v) is 10.6. The van der Waals surface area contributed by atoms with Crippen molar-refractivity contribution in [2.24, 2.45) is 0 Å². The Morgan fingerprint density at radius 2 is 1.78 bits per heavy atom. The summed E-state index contributed by atoms with van der Waals surface area (Å²) < 4.78 is 33.0. The van der Waals surface area contributed by atoms with Crippen LogP contribution in [0.25, 0.3) is 0 Å². The van der Waals surface area contributed by atoms with Gasteiger partial charge in [0.25, 0.3) is 10.0 Å². The maximum absolute atomic E-state index is 12.5. The molecule has 3 rings (SSSR count). The van der Waals surface area contributed by atoms with E-state index in [0.29, 0.717) is 31.0 Å². The molecular formula is C20H24N2O4S. The highest BCUT2D eigenvalue weighted by Crippen LogP contribution is 2.20. The fourth-order valence-corrected chi connectivity index (χ4v) is 4.10. The number of carbonyl (C=O) groups is 1. The van der Waals surface area contributed by atoms with E-state index in [2.05, 4.69) is 4.72 Å². The van der Waals surface area contributed by atoms with Crippen molar-refractivity contribution in [2.45, 2.75) is 31.1 Å². The number of benzene rings is 2. The van der Waals surface area contributed by atoms with Crippen molar-refractivity contribution in [1.29, 1.82) is 0 Å². The van der Waals surface area contributed by atoms with E-state index in [1.54, 1.807) is 48.5 Å². The largest absolute Gasteiger partial charge is 0.494 e. The first-order chi connectivity index (χ1) is 13.0. The average molecular weight is 388 g/mol. The smallest absolute Gasteiger partial charge is 0.261 e. The Morgan fingerprint density at radius 1 is 1.07 bits per heavy atom. The van der Waals surface area contributed by atoms with Crippen LogP contribution in [0.1, 0.15) is 25.3 Å². The van der Waals surface area contributed by atoms with E-state index >= 15 is 0 Å². The summed E-state index contributed by atoms with van der Waals surface area (Å²) >= 11 is 0. The number of carbonyl (C=O) groups excluding carboxylic acids is 1. The summed E-state index contributed by atoms with van der Waals surface area (Å²) in [6.45, 7) is 3.94. The van der Waals surface area contributed by atoms with E-state index in [4.69, 9.17) is 4.74 Å². The van der Waals surface area contributed by atoms with Crippen LogP contribution in [0.5, 0.6) is 5.75 Å². The van der Waals surface area contributed by atoms with Gasteiger partial charge >= 0.3 is 0 Å². The molecule has 2 aromatic carbocycles. The number of nitrogens with zero attached hydrogens (tertiary/aromatic N) is 1. The lowest BCUT2D eigenvalue weighted by Crippen LogP contribution is -2.26. The number of likely N-dealkylation sites (tertiary alicyclic amines) is 1. The Labute approximate surface area is 160 Å². The number of anilines is 1. The highest BCUT2D eigenvalue weighted by atomic mass is 32.2. The van der Waals surface area contributed by atoms with Crippen molar-refractivity contribution in [3.05, 3.63) is 54.1 Å². The van der Waals surface area contributed by atoms with Gasteiger partial charge < -0.3 is 9.64 Å². The van der Waals surface area contributed by atoms with Crippen molar-refractivity contribution >= 4 is 21.6 Å². The number of hydrogen-bond acceptors (Lipinski definition) is 4. The van der Waals surface area contributed by atoms with Crippen molar-refractivity contribution < 1.29 is 17.9 Å². The predicted octanol–water partition coefficient (Wildman–Crippen LogP) is 3.05. The van der Waals surface area contributed by atoms with Crippen LogP contribution in [0.15, 0.2) is 53.4 Å². The van der Waals surface area contributed by atoms with Gasteiger partial charge in [-0.05, 0) is 61.7 Å². The number of hydrogen-bond donors (Lipinski definition) is 1. The summed E-state index contributed by atoms with van der Waals surface area (Å²) in [7, 11) is -3.65. The third-order valence-corrected chi connectivity index (χ3v) is 5.89. The van der Waals surface area contributed by atoms with Crippen LogP contribution in [0.2, 0.25) is 0 Å². The van der Waals surface area contributed by atoms with E-state index in [1.807, 2.05) is 11.8 Å². The minimum absolute atomic E-state index is 0.203. The monoisotopic (exact) mass is 388 g/mol. The third kappa shape index (κ3) is 5.01. The minimum Gasteiger partial charge on any atom is -0.494 e. The molecule has 1 amide bonds. The van der Waals surface area contributed by atoms with E-state index in [0.717, 1.165) is 24.9 Å². The zero-order valence-electron chi connectivity index (χ0n) is 15.3. The summed E-state index contributed by atoms with van der Waals surface area (Å²) in [5, 5.41) is 0. The van der Waals surface area contributed by atoms with E-state index < -0.39 is 10.0 Å². The predicted molar refractivity (Wildman–Crippen MR) is 104 cm³/mol. The average Bonchev–Trinajstić information content (AvgIpc) is 3.07. The van der Waals surface area contributed by atoms with Crippen LogP contribution < -0.4 is 9.46 Å². The van der Waals surface area contributed by atoms with Crippen LogP contribution in [0, 0.1) is 0 Å². The lowest BCUT2D eigenvalue weighted by molar-refractivity contribution is -0.127. The summed E-state index contributed by atoms with van der Waals surface area (Å²) in [6, 6.07) is 13.6. The van der Waals surface area contributed by atoms with Crippen molar-refractivity contribution in [1.82, 2.24) is 4.90 Å². The van der Waals surface area contributed by atoms with E-state index in [9.17, 15) is 13.2 Å². The normalized spacial score (nSPS) is 14.4. The number of nitrogens with one attached hydrogen (secondary N) is 1. The quantitative estimate of drug-likeness (QED) is 0.754. The Bertz CT molecular complexity index is 877. The van der Waals surface area contributed by atoms with Crippen LogP contribution in [-0.4, -0.2) is 38.9 Å². The van der Waals surface area contributed by atoms with Crippen LogP contribution in [0.3, 0.4) is 0 Å². The Morgan fingerprint density at radius 3 is 2.37 bits per heavy atom. The fraction of sp³-hybridized carbons (Fsp3) is 0.350. The summed E-state index contributed by atoms with van der Waals surface area (Å²) in [5.74, 6) is 0.898. The van der Waals surface area contributed by atoms with Gasteiger partial charge in [-0.3, -0.25) is 9.52 Å². The molecule has 0 saturated carbocycles. The number of amides is 1. The molecule has 1 aliphatic rings. The molecule has 0 bridgehead atoms. The molecule has 1 N–H and O–H groups in total. The molecule has 1 fully saturated rings. The molecule has 0 radical (unpaired) electrons. The molecule has 0 spiro atoms. The second-order valence-corrected chi connectivity index (χ2v) is 8.12. The molecule has 1 saturated heterocycles. The summed E-state index contributed by atoms with van der Waals surface area (Å²) in [5.41, 5.74) is 1.49. The Kier molecular flexibility index (Phi) is 6.01. The van der Waals surface area contributed by atoms with E-state index in [1.165, 1.54) is 0 Å². The van der Waals surface area contributed by atoms with Crippen LogP contribution in [0.4, 0.5) is 5.69 Å². The van der Waals surface area contributed by atoms with E-state index in [-0.39, 0.29) is 10.8 Å². The van der Waals surface area contributed by atoms with Crippen LogP contribution in [-0.2, 0) is 21.2 Å². The SMILES string of the molecule is CCOc1ccc(NS(=O)(=O)c2ccc(CCN3CCCC3=O)cc2)cc1. The molecule has 1 aliphatic heterocycles. The summed E-state index contributed by atoms with van der Waals surface area (Å²) in [6.07, 6.45) is 2.28. The lowest BCUT2D eigenvalue weighted by atomic mass is 10.1. The zero-order chi connectivity index (χ0) is 19.3. The molecule has 6 nitrogen and oxygen atoms in total. The molecule has 7 heteroatoms. The molecule has 0 unspecified atom stereocenters. The molecule has 2 aromatic rings. The second kappa shape index (κ2) is 8.43. The molecule has 27 heavy (non-hydrogen) atoms. The van der Waals surface area contributed by atoms with Gasteiger partial charge in [0.15, 0.2) is 0 Å². The molecule has 1 heterocycles. The second-order valence-electron chi connectivity index (χ2n) is 6.44.